The van der Waals surface area contributed by atoms with Crippen molar-refractivity contribution in [2.24, 2.45) is 0 Å². The first-order valence-corrected chi connectivity index (χ1v) is 6.10. The van der Waals surface area contributed by atoms with Crippen LogP contribution in [0.25, 0.3) is 0 Å². The predicted molar refractivity (Wildman–Crippen MR) is 72.5 cm³/mol. The third kappa shape index (κ3) is 2.18. The second kappa shape index (κ2) is 4.96. The van der Waals surface area contributed by atoms with Crippen molar-refractivity contribution in [2.45, 2.75) is 26.4 Å². The molecule has 0 N–H and O–H groups in total. The zero-order valence-electron chi connectivity index (χ0n) is 11.7. The van der Waals surface area contributed by atoms with Crippen molar-refractivity contribution >= 4 is 5.78 Å². The Morgan fingerprint density at radius 2 is 2.05 bits per heavy atom. The van der Waals surface area contributed by atoms with Gasteiger partial charge in [0.05, 0.1) is 14.2 Å². The van der Waals surface area contributed by atoms with Gasteiger partial charge in [-0.3, -0.25) is 4.79 Å². The molecule has 0 spiro atoms. The van der Waals surface area contributed by atoms with Gasteiger partial charge in [0.2, 0.25) is 0 Å². The summed E-state index contributed by atoms with van der Waals surface area (Å²) in [4.78, 5) is 11.8. The molecule has 4 nitrogen and oxygen atoms in total. The number of benzene rings is 1. The van der Waals surface area contributed by atoms with Crippen LogP contribution in [0.2, 0.25) is 0 Å². The van der Waals surface area contributed by atoms with E-state index in [2.05, 4.69) is 6.58 Å². The number of carbonyl (C=O) groups is 1. The zero-order valence-corrected chi connectivity index (χ0v) is 11.7. The van der Waals surface area contributed by atoms with Crippen LogP contribution in [-0.4, -0.2) is 26.1 Å². The molecule has 0 aliphatic carbocycles. The van der Waals surface area contributed by atoms with E-state index < -0.39 is 0 Å². The van der Waals surface area contributed by atoms with Gasteiger partial charge in [-0.1, -0.05) is 6.58 Å². The smallest absolute Gasteiger partial charge is 0.167 e. The number of ether oxygens (including phenoxy) is 3. The second-order valence-corrected chi connectivity index (χ2v) is 4.68. The zero-order chi connectivity index (χ0) is 14.2. The fourth-order valence-electron chi connectivity index (χ4n) is 2.33. The summed E-state index contributed by atoms with van der Waals surface area (Å²) in [6.45, 7) is 7.33. The van der Waals surface area contributed by atoms with E-state index in [1.165, 1.54) is 14.0 Å². The van der Waals surface area contributed by atoms with Crippen molar-refractivity contribution < 1.29 is 19.0 Å². The number of fused-ring (bicyclic) bond motifs is 1. The third-order valence-electron chi connectivity index (χ3n) is 3.29. The quantitative estimate of drug-likeness (QED) is 0.618. The fraction of sp³-hybridized carbons (Fsp3) is 0.400. The SMILES string of the molecule is C=C(C)[C@H]1Cc2c(cc(OC)c(C(C)=O)c2OC)O1. The maximum atomic E-state index is 11.8. The predicted octanol–water partition coefficient (Wildman–Crippen LogP) is 2.79. The van der Waals surface area contributed by atoms with Crippen LogP contribution in [0.5, 0.6) is 17.2 Å². The number of hydrogen-bond donors (Lipinski definition) is 0. The van der Waals surface area contributed by atoms with Gasteiger partial charge in [0.1, 0.15) is 28.9 Å². The second-order valence-electron chi connectivity index (χ2n) is 4.68. The van der Waals surface area contributed by atoms with Gasteiger partial charge in [-0.15, -0.1) is 0 Å². The molecule has 1 aromatic carbocycles. The summed E-state index contributed by atoms with van der Waals surface area (Å²) in [6.07, 6.45) is 0.591. The van der Waals surface area contributed by atoms with Crippen LogP contribution in [0.3, 0.4) is 0 Å². The van der Waals surface area contributed by atoms with Crippen molar-refractivity contribution in [3.05, 3.63) is 29.3 Å². The molecule has 1 atom stereocenters. The minimum atomic E-state index is -0.0877. The van der Waals surface area contributed by atoms with E-state index in [1.54, 1.807) is 13.2 Å². The van der Waals surface area contributed by atoms with Gasteiger partial charge in [-0.25, -0.2) is 0 Å². The Balaban J connectivity index is 2.60. The molecule has 0 saturated carbocycles. The van der Waals surface area contributed by atoms with Crippen LogP contribution in [-0.2, 0) is 6.42 Å². The van der Waals surface area contributed by atoms with Crippen molar-refractivity contribution in [3.8, 4) is 17.2 Å². The molecule has 0 radical (unpaired) electrons. The number of methoxy groups -OCH3 is 2. The Bertz CT molecular complexity index is 546. The Morgan fingerprint density at radius 3 is 2.53 bits per heavy atom. The first kappa shape index (κ1) is 13.5. The highest BCUT2D eigenvalue weighted by atomic mass is 16.5. The minimum Gasteiger partial charge on any atom is -0.496 e. The number of hydrogen-bond acceptors (Lipinski definition) is 4. The summed E-state index contributed by atoms with van der Waals surface area (Å²) in [5, 5.41) is 0. The molecule has 0 bridgehead atoms. The maximum Gasteiger partial charge on any atom is 0.167 e. The summed E-state index contributed by atoms with van der Waals surface area (Å²) in [6, 6.07) is 1.75. The molecule has 0 unspecified atom stereocenters. The van der Waals surface area contributed by atoms with E-state index in [0.29, 0.717) is 29.2 Å². The van der Waals surface area contributed by atoms with Gasteiger partial charge in [0.25, 0.3) is 0 Å². The number of rotatable bonds is 4. The van der Waals surface area contributed by atoms with E-state index in [4.69, 9.17) is 14.2 Å². The molecule has 0 amide bonds. The van der Waals surface area contributed by atoms with Crippen LogP contribution >= 0.6 is 0 Å². The van der Waals surface area contributed by atoms with Crippen LogP contribution in [0, 0.1) is 0 Å². The van der Waals surface area contributed by atoms with E-state index in [9.17, 15) is 4.79 Å². The van der Waals surface area contributed by atoms with Crippen LogP contribution < -0.4 is 14.2 Å². The van der Waals surface area contributed by atoms with Crippen molar-refractivity contribution in [1.82, 2.24) is 0 Å². The summed E-state index contributed by atoms with van der Waals surface area (Å²) in [5.74, 6) is 1.64. The Kier molecular flexibility index (Phi) is 3.51. The van der Waals surface area contributed by atoms with Gasteiger partial charge >= 0.3 is 0 Å². The van der Waals surface area contributed by atoms with Gasteiger partial charge in [-0.2, -0.15) is 0 Å². The van der Waals surface area contributed by atoms with Crippen molar-refractivity contribution in [3.63, 3.8) is 0 Å². The lowest BCUT2D eigenvalue weighted by Gasteiger charge is -2.14. The van der Waals surface area contributed by atoms with E-state index in [0.717, 1.165) is 11.1 Å². The van der Waals surface area contributed by atoms with E-state index in [-0.39, 0.29) is 11.9 Å². The molecule has 1 heterocycles. The Morgan fingerprint density at radius 1 is 1.37 bits per heavy atom. The average molecular weight is 262 g/mol. The molecular weight excluding hydrogens is 244 g/mol. The maximum absolute atomic E-state index is 11.8. The third-order valence-corrected chi connectivity index (χ3v) is 3.29. The van der Waals surface area contributed by atoms with Crippen LogP contribution in [0.15, 0.2) is 18.2 Å². The molecule has 1 aliphatic heterocycles. The molecule has 0 aromatic heterocycles. The van der Waals surface area contributed by atoms with Crippen LogP contribution in [0.1, 0.15) is 29.8 Å². The highest BCUT2D eigenvalue weighted by molar-refractivity contribution is 6.00. The minimum absolute atomic E-state index is 0.0733. The summed E-state index contributed by atoms with van der Waals surface area (Å²) < 4.78 is 16.5. The van der Waals surface area contributed by atoms with Gasteiger partial charge in [0.15, 0.2) is 5.78 Å². The highest BCUT2D eigenvalue weighted by Crippen LogP contribution is 2.44. The molecule has 0 saturated heterocycles. The van der Waals surface area contributed by atoms with Crippen molar-refractivity contribution in [2.75, 3.05) is 14.2 Å². The number of carbonyl (C=O) groups excluding carboxylic acids is 1. The first-order chi connectivity index (χ1) is 8.99. The van der Waals surface area contributed by atoms with E-state index >= 15 is 0 Å². The Labute approximate surface area is 113 Å². The fourth-order valence-corrected chi connectivity index (χ4v) is 2.33. The standard InChI is InChI=1S/C15H18O4/c1-8(2)11-6-10-12(19-11)7-13(17-4)14(9(3)16)15(10)18-5/h7,11H,1,6H2,2-5H3/t11-/m1/s1. The number of ketones is 1. The first-order valence-electron chi connectivity index (χ1n) is 6.10. The molecule has 2 rings (SSSR count). The summed E-state index contributed by atoms with van der Waals surface area (Å²) in [5.41, 5.74) is 2.32. The lowest BCUT2D eigenvalue weighted by atomic mass is 9.99. The van der Waals surface area contributed by atoms with Crippen molar-refractivity contribution in [1.29, 1.82) is 0 Å². The highest BCUT2D eigenvalue weighted by Gasteiger charge is 2.31. The topological polar surface area (TPSA) is 44.8 Å². The monoisotopic (exact) mass is 262 g/mol. The van der Waals surface area contributed by atoms with Gasteiger partial charge in [-0.05, 0) is 19.4 Å². The molecule has 19 heavy (non-hydrogen) atoms. The lowest BCUT2D eigenvalue weighted by Crippen LogP contribution is -2.13. The number of Topliss-reactive ketones (excluding diaryl/α,β-unsaturated/α-hetero) is 1. The molecule has 0 fully saturated rings. The molecular formula is C15H18O4. The molecule has 1 aliphatic rings. The molecule has 4 heteroatoms. The molecule has 1 aromatic rings. The van der Waals surface area contributed by atoms with Gasteiger partial charge in [0, 0.05) is 18.1 Å². The summed E-state index contributed by atoms with van der Waals surface area (Å²) >= 11 is 0. The largest absolute Gasteiger partial charge is 0.496 e. The average Bonchev–Trinajstić information content (AvgIpc) is 2.79. The van der Waals surface area contributed by atoms with Gasteiger partial charge < -0.3 is 14.2 Å². The Hall–Kier alpha value is -1.97. The van der Waals surface area contributed by atoms with E-state index in [1.807, 2.05) is 6.92 Å². The molecule has 102 valence electrons. The lowest BCUT2D eigenvalue weighted by molar-refractivity contribution is 0.101. The van der Waals surface area contributed by atoms with Crippen LogP contribution in [0.4, 0.5) is 0 Å². The normalized spacial score (nSPS) is 16.5. The summed E-state index contributed by atoms with van der Waals surface area (Å²) in [7, 11) is 3.08.